The third kappa shape index (κ3) is 4.44. The first-order chi connectivity index (χ1) is 15.5. The van der Waals surface area contributed by atoms with E-state index in [9.17, 15) is 9.59 Å². The van der Waals surface area contributed by atoms with Crippen molar-refractivity contribution in [2.45, 2.75) is 26.7 Å². The number of hydrogen-bond acceptors (Lipinski definition) is 5. The lowest BCUT2D eigenvalue weighted by Gasteiger charge is -2.31. The Labute approximate surface area is 188 Å². The smallest absolute Gasteiger partial charge is 0.309 e. The predicted octanol–water partition coefficient (Wildman–Crippen LogP) is 4.63. The van der Waals surface area contributed by atoms with Crippen LogP contribution in [0.2, 0.25) is 0 Å². The standard InChI is InChI=1S/C26H28N2O4/c1-4-32-26(30)19-11-13-28(14-12-19)25(29)22-16-24(18-6-8-20(31-3)9-7-18)27-23-10-5-17(2)15-21(22)23/h5-10,15-16,19H,4,11-14H2,1-3H3. The van der Waals surface area contributed by atoms with Gasteiger partial charge in [-0.15, -0.1) is 0 Å². The summed E-state index contributed by atoms with van der Waals surface area (Å²) in [7, 11) is 1.63. The van der Waals surface area contributed by atoms with Crippen molar-refractivity contribution in [3.8, 4) is 17.0 Å². The van der Waals surface area contributed by atoms with Gasteiger partial charge in [0.05, 0.1) is 36.4 Å². The maximum Gasteiger partial charge on any atom is 0.309 e. The lowest BCUT2D eigenvalue weighted by molar-refractivity contribution is -0.149. The van der Waals surface area contributed by atoms with Gasteiger partial charge in [0.2, 0.25) is 0 Å². The van der Waals surface area contributed by atoms with E-state index in [0.29, 0.717) is 38.1 Å². The number of rotatable bonds is 5. The molecule has 2 heterocycles. The summed E-state index contributed by atoms with van der Waals surface area (Å²) < 4.78 is 10.4. The van der Waals surface area contributed by atoms with Crippen LogP contribution in [0.4, 0.5) is 0 Å². The van der Waals surface area contributed by atoms with Gasteiger partial charge in [-0.25, -0.2) is 4.98 Å². The number of aromatic nitrogens is 1. The number of benzene rings is 2. The van der Waals surface area contributed by atoms with Crippen LogP contribution in [-0.4, -0.2) is 48.6 Å². The van der Waals surface area contributed by atoms with E-state index < -0.39 is 0 Å². The molecule has 6 heteroatoms. The average Bonchev–Trinajstić information content (AvgIpc) is 2.83. The van der Waals surface area contributed by atoms with Crippen molar-refractivity contribution in [2.24, 2.45) is 5.92 Å². The summed E-state index contributed by atoms with van der Waals surface area (Å²) >= 11 is 0. The second-order valence-corrected chi connectivity index (χ2v) is 8.12. The van der Waals surface area contributed by atoms with Crippen LogP contribution >= 0.6 is 0 Å². The van der Waals surface area contributed by atoms with Crippen LogP contribution in [0.3, 0.4) is 0 Å². The highest BCUT2D eigenvalue weighted by atomic mass is 16.5. The third-order valence-electron chi connectivity index (χ3n) is 5.98. The fourth-order valence-electron chi connectivity index (χ4n) is 4.17. The molecule has 1 amide bonds. The lowest BCUT2D eigenvalue weighted by Crippen LogP contribution is -2.40. The number of ether oxygens (including phenoxy) is 2. The molecule has 3 aromatic rings. The zero-order valence-electron chi connectivity index (χ0n) is 18.8. The number of piperidine rings is 1. The molecule has 1 aliphatic heterocycles. The first-order valence-corrected chi connectivity index (χ1v) is 11.0. The molecule has 0 spiro atoms. The van der Waals surface area contributed by atoms with Crippen LogP contribution in [0.25, 0.3) is 22.2 Å². The fraction of sp³-hybridized carbons (Fsp3) is 0.346. The Balaban J connectivity index is 1.66. The number of carbonyl (C=O) groups excluding carboxylic acids is 2. The van der Waals surface area contributed by atoms with Crippen LogP contribution in [0.1, 0.15) is 35.7 Å². The number of likely N-dealkylation sites (tertiary alicyclic amines) is 1. The van der Waals surface area contributed by atoms with Crippen LogP contribution in [-0.2, 0) is 9.53 Å². The topological polar surface area (TPSA) is 68.7 Å². The van der Waals surface area contributed by atoms with Crippen molar-refractivity contribution in [1.82, 2.24) is 9.88 Å². The monoisotopic (exact) mass is 432 g/mol. The van der Waals surface area contributed by atoms with Gasteiger partial charge in [0.1, 0.15) is 5.75 Å². The maximum absolute atomic E-state index is 13.6. The quantitative estimate of drug-likeness (QED) is 0.550. The minimum atomic E-state index is -0.161. The van der Waals surface area contributed by atoms with E-state index in [-0.39, 0.29) is 17.8 Å². The Bertz CT molecular complexity index is 1130. The summed E-state index contributed by atoms with van der Waals surface area (Å²) in [5.41, 5.74) is 4.16. The average molecular weight is 433 g/mol. The van der Waals surface area contributed by atoms with Gasteiger partial charge in [-0.2, -0.15) is 0 Å². The lowest BCUT2D eigenvalue weighted by atomic mass is 9.95. The first-order valence-electron chi connectivity index (χ1n) is 11.0. The van der Waals surface area contributed by atoms with Gasteiger partial charge >= 0.3 is 5.97 Å². The van der Waals surface area contributed by atoms with Crippen molar-refractivity contribution < 1.29 is 19.1 Å². The van der Waals surface area contributed by atoms with E-state index in [4.69, 9.17) is 14.5 Å². The number of fused-ring (bicyclic) bond motifs is 1. The molecular weight excluding hydrogens is 404 g/mol. The van der Waals surface area contributed by atoms with Crippen molar-refractivity contribution in [3.05, 3.63) is 59.7 Å². The molecule has 1 saturated heterocycles. The van der Waals surface area contributed by atoms with Crippen LogP contribution in [0.5, 0.6) is 5.75 Å². The molecule has 0 bridgehead atoms. The van der Waals surface area contributed by atoms with Gasteiger partial charge in [0.25, 0.3) is 5.91 Å². The highest BCUT2D eigenvalue weighted by Gasteiger charge is 2.29. The Hall–Kier alpha value is -3.41. The summed E-state index contributed by atoms with van der Waals surface area (Å²) in [6.07, 6.45) is 1.25. The number of methoxy groups -OCH3 is 1. The van der Waals surface area contributed by atoms with E-state index in [1.54, 1.807) is 7.11 Å². The molecule has 0 unspecified atom stereocenters. The summed E-state index contributed by atoms with van der Waals surface area (Å²) in [6.45, 7) is 5.28. The van der Waals surface area contributed by atoms with Crippen molar-refractivity contribution in [1.29, 1.82) is 0 Å². The second kappa shape index (κ2) is 9.39. The molecule has 2 aromatic carbocycles. The van der Waals surface area contributed by atoms with Crippen molar-refractivity contribution in [3.63, 3.8) is 0 Å². The Morgan fingerprint density at radius 1 is 1.06 bits per heavy atom. The number of pyridine rings is 1. The van der Waals surface area contributed by atoms with Gasteiger partial charge in [0.15, 0.2) is 0 Å². The highest BCUT2D eigenvalue weighted by molar-refractivity contribution is 6.07. The van der Waals surface area contributed by atoms with Crippen LogP contribution < -0.4 is 4.74 Å². The number of esters is 1. The second-order valence-electron chi connectivity index (χ2n) is 8.12. The Kier molecular flexibility index (Phi) is 6.40. The van der Waals surface area contributed by atoms with E-state index in [0.717, 1.165) is 33.5 Å². The first kappa shape index (κ1) is 21.8. The third-order valence-corrected chi connectivity index (χ3v) is 5.98. The van der Waals surface area contributed by atoms with Crippen molar-refractivity contribution >= 4 is 22.8 Å². The largest absolute Gasteiger partial charge is 0.497 e. The molecule has 166 valence electrons. The highest BCUT2D eigenvalue weighted by Crippen LogP contribution is 2.29. The molecule has 1 fully saturated rings. The molecule has 0 radical (unpaired) electrons. The van der Waals surface area contributed by atoms with Gasteiger partial charge in [0, 0.05) is 24.0 Å². The summed E-state index contributed by atoms with van der Waals surface area (Å²) in [4.78, 5) is 32.3. The van der Waals surface area contributed by atoms with Crippen molar-refractivity contribution in [2.75, 3.05) is 26.8 Å². The predicted molar refractivity (Wildman–Crippen MR) is 124 cm³/mol. The molecule has 1 aromatic heterocycles. The van der Waals surface area contributed by atoms with E-state index >= 15 is 0 Å². The zero-order chi connectivity index (χ0) is 22.7. The maximum atomic E-state index is 13.6. The summed E-state index contributed by atoms with van der Waals surface area (Å²) in [6, 6.07) is 15.5. The number of nitrogens with zero attached hydrogens (tertiary/aromatic N) is 2. The van der Waals surface area contributed by atoms with Gasteiger partial charge < -0.3 is 14.4 Å². The fourth-order valence-corrected chi connectivity index (χ4v) is 4.17. The molecule has 32 heavy (non-hydrogen) atoms. The minimum absolute atomic E-state index is 0.0277. The Morgan fingerprint density at radius 2 is 1.78 bits per heavy atom. The zero-order valence-corrected chi connectivity index (χ0v) is 18.8. The summed E-state index contributed by atoms with van der Waals surface area (Å²) in [5.74, 6) is 0.447. The number of amides is 1. The van der Waals surface area contributed by atoms with Crippen LogP contribution in [0.15, 0.2) is 48.5 Å². The van der Waals surface area contributed by atoms with Gasteiger partial charge in [-0.3, -0.25) is 9.59 Å². The van der Waals surface area contributed by atoms with E-state index in [1.807, 2.05) is 67.3 Å². The van der Waals surface area contributed by atoms with Gasteiger partial charge in [-0.05, 0) is 69.2 Å². The van der Waals surface area contributed by atoms with Crippen LogP contribution in [0, 0.1) is 12.8 Å². The SMILES string of the molecule is CCOC(=O)C1CCN(C(=O)c2cc(-c3ccc(OC)cc3)nc3ccc(C)cc23)CC1. The molecule has 0 aliphatic carbocycles. The molecule has 4 rings (SSSR count). The number of aryl methyl sites for hydroxylation is 1. The molecule has 0 N–H and O–H groups in total. The molecule has 0 atom stereocenters. The molecule has 6 nitrogen and oxygen atoms in total. The van der Waals surface area contributed by atoms with Gasteiger partial charge in [-0.1, -0.05) is 11.6 Å². The summed E-state index contributed by atoms with van der Waals surface area (Å²) in [5, 5.41) is 0.847. The normalized spacial score (nSPS) is 14.4. The van der Waals surface area contributed by atoms with E-state index in [2.05, 4.69) is 0 Å². The molecular formula is C26H28N2O4. The molecule has 0 saturated carbocycles. The number of hydrogen-bond donors (Lipinski definition) is 0. The minimum Gasteiger partial charge on any atom is -0.497 e. The number of carbonyl (C=O) groups is 2. The Morgan fingerprint density at radius 3 is 2.44 bits per heavy atom. The molecule has 1 aliphatic rings. The van der Waals surface area contributed by atoms with E-state index in [1.165, 1.54) is 0 Å².